The maximum Gasteiger partial charge on any atom is 0.573 e. The third-order valence-corrected chi connectivity index (χ3v) is 4.41. The second kappa shape index (κ2) is 6.16. The van der Waals surface area contributed by atoms with Crippen LogP contribution in [-0.4, -0.2) is 12.4 Å². The molecular formula is C15H19BrF3NO. The highest BCUT2D eigenvalue weighted by molar-refractivity contribution is 9.10. The van der Waals surface area contributed by atoms with Crippen LogP contribution in [0.4, 0.5) is 13.2 Å². The molecule has 6 heteroatoms. The molecule has 1 saturated carbocycles. The fourth-order valence-electron chi connectivity index (χ4n) is 2.73. The first-order valence-corrected chi connectivity index (χ1v) is 7.71. The van der Waals surface area contributed by atoms with E-state index in [2.05, 4.69) is 39.8 Å². The molecule has 1 aliphatic carbocycles. The van der Waals surface area contributed by atoms with E-state index in [1.807, 2.05) is 0 Å². The maximum absolute atomic E-state index is 12.2. The highest BCUT2D eigenvalue weighted by Gasteiger charge is 2.32. The highest BCUT2D eigenvalue weighted by Crippen LogP contribution is 2.37. The molecule has 1 aliphatic rings. The van der Waals surface area contributed by atoms with Gasteiger partial charge in [-0.25, -0.2) is 0 Å². The van der Waals surface area contributed by atoms with Gasteiger partial charge < -0.3 is 10.1 Å². The van der Waals surface area contributed by atoms with E-state index in [0.29, 0.717) is 22.5 Å². The summed E-state index contributed by atoms with van der Waals surface area (Å²) in [5.74, 6) is -0.215. The van der Waals surface area contributed by atoms with E-state index in [1.165, 1.54) is 12.5 Å². The van der Waals surface area contributed by atoms with E-state index in [0.717, 1.165) is 18.4 Å². The van der Waals surface area contributed by atoms with E-state index in [1.54, 1.807) is 12.1 Å². The minimum atomic E-state index is -4.67. The van der Waals surface area contributed by atoms with Crippen molar-refractivity contribution in [2.45, 2.75) is 52.1 Å². The van der Waals surface area contributed by atoms with Crippen molar-refractivity contribution >= 4 is 15.9 Å². The number of nitrogens with one attached hydrogen (secondary N) is 1. The summed E-state index contributed by atoms with van der Waals surface area (Å²) in [6, 6.07) is 5.13. The maximum atomic E-state index is 12.2. The number of benzene rings is 1. The van der Waals surface area contributed by atoms with Crippen molar-refractivity contribution in [3.63, 3.8) is 0 Å². The molecule has 0 heterocycles. The molecule has 1 aromatic carbocycles. The van der Waals surface area contributed by atoms with Gasteiger partial charge in [0.25, 0.3) is 0 Å². The van der Waals surface area contributed by atoms with Gasteiger partial charge in [0, 0.05) is 12.6 Å². The summed E-state index contributed by atoms with van der Waals surface area (Å²) in [4.78, 5) is 0. The van der Waals surface area contributed by atoms with Crippen molar-refractivity contribution in [3.05, 3.63) is 28.2 Å². The molecule has 0 spiro atoms. The number of ether oxygens (including phenoxy) is 1. The number of rotatable bonds is 4. The van der Waals surface area contributed by atoms with E-state index >= 15 is 0 Å². The second-order valence-electron chi connectivity index (χ2n) is 6.30. The summed E-state index contributed by atoms with van der Waals surface area (Å²) in [6.07, 6.45) is -1.20. The van der Waals surface area contributed by atoms with Crippen molar-refractivity contribution in [2.75, 3.05) is 0 Å². The lowest BCUT2D eigenvalue weighted by Gasteiger charge is -2.18. The molecule has 1 unspecified atom stereocenters. The molecule has 1 N–H and O–H groups in total. The number of halogens is 4. The Kier molecular flexibility index (Phi) is 4.88. The van der Waals surface area contributed by atoms with Crippen LogP contribution in [0.15, 0.2) is 22.7 Å². The van der Waals surface area contributed by atoms with Crippen LogP contribution in [0.2, 0.25) is 0 Å². The minimum absolute atomic E-state index is 0.215. The third-order valence-electron chi connectivity index (χ3n) is 3.79. The Morgan fingerprint density at radius 3 is 2.62 bits per heavy atom. The monoisotopic (exact) mass is 365 g/mol. The van der Waals surface area contributed by atoms with Crippen molar-refractivity contribution in [1.29, 1.82) is 0 Å². The summed E-state index contributed by atoms with van der Waals surface area (Å²) in [6.45, 7) is 5.16. The molecule has 0 bridgehead atoms. The largest absolute Gasteiger partial charge is 0.573 e. The molecule has 1 atom stereocenters. The number of hydrogen-bond acceptors (Lipinski definition) is 2. The predicted octanol–water partition coefficient (Wildman–Crippen LogP) is 5.02. The van der Waals surface area contributed by atoms with Crippen LogP contribution in [0.25, 0.3) is 0 Å². The lowest BCUT2D eigenvalue weighted by Crippen LogP contribution is -2.26. The highest BCUT2D eigenvalue weighted by atomic mass is 79.9. The number of alkyl halides is 3. The molecule has 2 nitrogen and oxygen atoms in total. The zero-order valence-corrected chi connectivity index (χ0v) is 13.6. The first-order chi connectivity index (χ1) is 9.65. The van der Waals surface area contributed by atoms with Crippen molar-refractivity contribution in [2.24, 2.45) is 5.41 Å². The third kappa shape index (κ3) is 5.18. The molecule has 0 radical (unpaired) electrons. The summed E-state index contributed by atoms with van der Waals surface area (Å²) in [5.41, 5.74) is 1.31. The SMILES string of the molecule is CC1(C)CCC(NCc2ccc(OC(F)(F)F)c(Br)c2)C1. The molecule has 0 amide bonds. The average molecular weight is 366 g/mol. The van der Waals surface area contributed by atoms with E-state index in [4.69, 9.17) is 0 Å². The van der Waals surface area contributed by atoms with Crippen LogP contribution >= 0.6 is 15.9 Å². The molecule has 1 fully saturated rings. The Morgan fingerprint density at radius 1 is 1.38 bits per heavy atom. The van der Waals surface area contributed by atoms with Gasteiger partial charge in [0.15, 0.2) is 0 Å². The zero-order chi connectivity index (χ0) is 15.7. The molecule has 21 heavy (non-hydrogen) atoms. The normalized spacial score (nSPS) is 21.5. The van der Waals surface area contributed by atoms with Gasteiger partial charge in [-0.2, -0.15) is 0 Å². The van der Waals surface area contributed by atoms with Crippen LogP contribution in [0, 0.1) is 5.41 Å². The van der Waals surface area contributed by atoms with E-state index in [-0.39, 0.29) is 5.75 Å². The van der Waals surface area contributed by atoms with Crippen LogP contribution in [0.5, 0.6) is 5.75 Å². The van der Waals surface area contributed by atoms with Gasteiger partial charge in [0.05, 0.1) is 4.47 Å². The predicted molar refractivity (Wildman–Crippen MR) is 79.1 cm³/mol. The van der Waals surface area contributed by atoms with Crippen molar-refractivity contribution < 1.29 is 17.9 Å². The lowest BCUT2D eigenvalue weighted by atomic mass is 9.92. The molecule has 1 aromatic rings. The van der Waals surface area contributed by atoms with Gasteiger partial charge in [-0.1, -0.05) is 19.9 Å². The van der Waals surface area contributed by atoms with Crippen LogP contribution < -0.4 is 10.1 Å². The molecule has 2 rings (SSSR count). The molecule has 0 saturated heterocycles. The molecule has 118 valence electrons. The van der Waals surface area contributed by atoms with Crippen molar-refractivity contribution in [3.8, 4) is 5.75 Å². The quantitative estimate of drug-likeness (QED) is 0.808. The Labute approximate surface area is 131 Å². The number of hydrogen-bond donors (Lipinski definition) is 1. The van der Waals surface area contributed by atoms with Crippen molar-refractivity contribution in [1.82, 2.24) is 5.32 Å². The van der Waals surface area contributed by atoms with Crippen LogP contribution in [-0.2, 0) is 6.54 Å². The van der Waals surface area contributed by atoms with Crippen LogP contribution in [0.3, 0.4) is 0 Å². The summed E-state index contributed by atoms with van der Waals surface area (Å²) >= 11 is 3.12. The summed E-state index contributed by atoms with van der Waals surface area (Å²) < 4.78 is 40.8. The van der Waals surface area contributed by atoms with E-state index in [9.17, 15) is 13.2 Å². The Hall–Kier alpha value is -0.750. The smallest absolute Gasteiger partial charge is 0.405 e. The minimum Gasteiger partial charge on any atom is -0.405 e. The summed E-state index contributed by atoms with van der Waals surface area (Å²) in [7, 11) is 0. The van der Waals surface area contributed by atoms with Gasteiger partial charge >= 0.3 is 6.36 Å². The second-order valence-corrected chi connectivity index (χ2v) is 7.15. The van der Waals surface area contributed by atoms with Gasteiger partial charge in [-0.15, -0.1) is 13.2 Å². The zero-order valence-electron chi connectivity index (χ0n) is 12.1. The van der Waals surface area contributed by atoms with Crippen LogP contribution in [0.1, 0.15) is 38.7 Å². The fraction of sp³-hybridized carbons (Fsp3) is 0.600. The molecule has 0 aliphatic heterocycles. The average Bonchev–Trinajstić information content (AvgIpc) is 2.68. The van der Waals surface area contributed by atoms with E-state index < -0.39 is 6.36 Å². The summed E-state index contributed by atoms with van der Waals surface area (Å²) in [5, 5.41) is 3.46. The fourth-order valence-corrected chi connectivity index (χ4v) is 3.24. The lowest BCUT2D eigenvalue weighted by molar-refractivity contribution is -0.274. The Balaban J connectivity index is 1.92. The molecular weight excluding hydrogens is 347 g/mol. The van der Waals surface area contributed by atoms with Gasteiger partial charge in [-0.3, -0.25) is 0 Å². The Bertz CT molecular complexity index is 502. The van der Waals surface area contributed by atoms with Gasteiger partial charge in [0.1, 0.15) is 5.75 Å². The topological polar surface area (TPSA) is 21.3 Å². The molecule has 0 aromatic heterocycles. The van der Waals surface area contributed by atoms with Gasteiger partial charge in [0.2, 0.25) is 0 Å². The van der Waals surface area contributed by atoms with Gasteiger partial charge in [-0.05, 0) is 58.3 Å². The standard InChI is InChI=1S/C15H19BrF3NO/c1-14(2)6-5-11(8-14)20-9-10-3-4-13(12(16)7-10)21-15(17,18)19/h3-4,7,11,20H,5-6,8-9H2,1-2H3. The first kappa shape index (κ1) is 16.6. The Morgan fingerprint density at radius 2 is 2.10 bits per heavy atom. The first-order valence-electron chi connectivity index (χ1n) is 6.92.